The summed E-state index contributed by atoms with van der Waals surface area (Å²) in [6, 6.07) is 58.8. The molecule has 0 saturated heterocycles. The molecule has 0 atom stereocenters. The van der Waals surface area contributed by atoms with Gasteiger partial charge in [0.15, 0.2) is 0 Å². The summed E-state index contributed by atoms with van der Waals surface area (Å²) in [4.78, 5) is 4.95. The van der Waals surface area contributed by atoms with Gasteiger partial charge in [0, 0.05) is 56.1 Å². The van der Waals surface area contributed by atoms with E-state index >= 15 is 0 Å². The maximum atomic E-state index is 2.56. The zero-order valence-corrected chi connectivity index (χ0v) is 31.9. The summed E-state index contributed by atoms with van der Waals surface area (Å²) in [5.41, 5.74) is 17.6. The van der Waals surface area contributed by atoms with Crippen molar-refractivity contribution < 1.29 is 0 Å². The summed E-state index contributed by atoms with van der Waals surface area (Å²) in [5.74, 6) is 0. The standard InChI is InChI=1S/C50H44BN3/c1-49(2,3)33-29-34(50(4,5)6)31-38(30-33)53-44-28-27-37(52(35-17-9-7-10-18-35)36-19-11-8-12-20-36)32-42(44)51-41-23-15-22-40-39-21-13-14-24-43(39)54(48(40)41)46-26-16-25-45(53)47(46)51/h7-32H,1-6H3. The van der Waals surface area contributed by atoms with E-state index in [-0.39, 0.29) is 17.5 Å². The van der Waals surface area contributed by atoms with Crippen molar-refractivity contribution in [1.29, 1.82) is 0 Å². The molecule has 262 valence electrons. The number of rotatable bonds is 4. The lowest BCUT2D eigenvalue weighted by molar-refractivity contribution is 0.569. The highest BCUT2D eigenvalue weighted by Crippen LogP contribution is 2.45. The summed E-state index contributed by atoms with van der Waals surface area (Å²) in [7, 11) is 0. The van der Waals surface area contributed by atoms with Crippen molar-refractivity contribution in [3.63, 3.8) is 0 Å². The summed E-state index contributed by atoms with van der Waals surface area (Å²) in [5, 5.41) is 2.60. The van der Waals surface area contributed by atoms with Crippen molar-refractivity contribution >= 4 is 79.0 Å². The molecule has 0 bridgehead atoms. The number of anilines is 6. The van der Waals surface area contributed by atoms with Crippen LogP contribution in [0.1, 0.15) is 52.7 Å². The molecule has 0 radical (unpaired) electrons. The molecule has 0 amide bonds. The Morgan fingerprint density at radius 2 is 1.06 bits per heavy atom. The first-order valence-electron chi connectivity index (χ1n) is 19.2. The minimum absolute atomic E-state index is 0.0163. The van der Waals surface area contributed by atoms with Crippen LogP contribution in [0.2, 0.25) is 0 Å². The Bertz CT molecular complexity index is 2680. The molecule has 3 nitrogen and oxygen atoms in total. The molecular weight excluding hydrogens is 653 g/mol. The van der Waals surface area contributed by atoms with E-state index < -0.39 is 0 Å². The third-order valence-electron chi connectivity index (χ3n) is 11.6. The fourth-order valence-electron chi connectivity index (χ4n) is 8.97. The fourth-order valence-corrected chi connectivity index (χ4v) is 8.97. The zero-order valence-electron chi connectivity index (χ0n) is 31.9. The summed E-state index contributed by atoms with van der Waals surface area (Å²) >= 11 is 0. The van der Waals surface area contributed by atoms with E-state index in [0.29, 0.717) is 0 Å². The minimum atomic E-state index is -0.0163. The third-order valence-corrected chi connectivity index (χ3v) is 11.6. The number of nitrogens with zero attached hydrogens (tertiary/aromatic N) is 3. The number of para-hydroxylation sites is 4. The first kappa shape index (κ1) is 32.6. The van der Waals surface area contributed by atoms with E-state index in [2.05, 4.69) is 214 Å². The van der Waals surface area contributed by atoms with Gasteiger partial charge in [-0.3, -0.25) is 0 Å². The van der Waals surface area contributed by atoms with Gasteiger partial charge < -0.3 is 14.4 Å². The lowest BCUT2D eigenvalue weighted by Gasteiger charge is -2.41. The summed E-state index contributed by atoms with van der Waals surface area (Å²) in [6.07, 6.45) is 0. The molecule has 7 aromatic carbocycles. The van der Waals surface area contributed by atoms with Crippen molar-refractivity contribution in [3.8, 4) is 5.69 Å². The molecular formula is C50H44BN3. The molecule has 0 aliphatic carbocycles. The van der Waals surface area contributed by atoms with E-state index in [1.54, 1.807) is 0 Å². The summed E-state index contributed by atoms with van der Waals surface area (Å²) in [6.45, 7) is 14.0. The smallest absolute Gasteiger partial charge is 0.252 e. The Kier molecular flexibility index (Phi) is 7.10. The van der Waals surface area contributed by atoms with E-state index in [0.717, 1.165) is 17.1 Å². The largest absolute Gasteiger partial charge is 0.311 e. The van der Waals surface area contributed by atoms with Crippen LogP contribution in [-0.2, 0) is 10.8 Å². The fraction of sp³-hybridized carbons (Fsp3) is 0.160. The van der Waals surface area contributed by atoms with Gasteiger partial charge >= 0.3 is 0 Å². The lowest BCUT2D eigenvalue weighted by atomic mass is 9.33. The molecule has 0 spiro atoms. The lowest BCUT2D eigenvalue weighted by Crippen LogP contribution is -2.60. The van der Waals surface area contributed by atoms with Crippen molar-refractivity contribution in [2.75, 3.05) is 9.80 Å². The molecule has 54 heavy (non-hydrogen) atoms. The van der Waals surface area contributed by atoms with Crippen LogP contribution >= 0.6 is 0 Å². The van der Waals surface area contributed by atoms with Crippen LogP contribution in [0.5, 0.6) is 0 Å². The van der Waals surface area contributed by atoms with Crippen molar-refractivity contribution in [1.82, 2.24) is 4.57 Å². The van der Waals surface area contributed by atoms with Gasteiger partial charge in [0.25, 0.3) is 6.71 Å². The second kappa shape index (κ2) is 11.8. The molecule has 10 rings (SSSR count). The molecule has 0 fully saturated rings. The molecule has 0 N–H and O–H groups in total. The molecule has 2 aliphatic heterocycles. The highest BCUT2D eigenvalue weighted by molar-refractivity contribution is 7.00. The maximum Gasteiger partial charge on any atom is 0.252 e. The Labute approximate surface area is 319 Å². The van der Waals surface area contributed by atoms with Gasteiger partial charge in [-0.2, -0.15) is 0 Å². The Morgan fingerprint density at radius 3 is 1.72 bits per heavy atom. The Balaban J connectivity index is 1.31. The highest BCUT2D eigenvalue weighted by Gasteiger charge is 2.42. The molecule has 0 saturated carbocycles. The molecule has 2 aliphatic rings. The van der Waals surface area contributed by atoms with Crippen LogP contribution < -0.4 is 26.2 Å². The van der Waals surface area contributed by atoms with Crippen molar-refractivity contribution in [3.05, 3.63) is 169 Å². The van der Waals surface area contributed by atoms with Gasteiger partial charge in [-0.1, -0.05) is 126 Å². The Morgan fingerprint density at radius 1 is 0.463 bits per heavy atom. The van der Waals surface area contributed by atoms with Gasteiger partial charge in [-0.15, -0.1) is 0 Å². The first-order chi connectivity index (χ1) is 26.1. The molecule has 3 heterocycles. The minimum Gasteiger partial charge on any atom is -0.311 e. The van der Waals surface area contributed by atoms with Crippen LogP contribution in [0, 0.1) is 0 Å². The van der Waals surface area contributed by atoms with Crippen molar-refractivity contribution in [2.24, 2.45) is 0 Å². The van der Waals surface area contributed by atoms with E-state index in [1.165, 1.54) is 72.1 Å². The normalized spacial score (nSPS) is 13.3. The average molecular weight is 698 g/mol. The van der Waals surface area contributed by atoms with Crippen LogP contribution in [0.25, 0.3) is 27.5 Å². The third kappa shape index (κ3) is 4.89. The van der Waals surface area contributed by atoms with E-state index in [1.807, 2.05) is 0 Å². The van der Waals surface area contributed by atoms with Gasteiger partial charge in [0.2, 0.25) is 0 Å². The number of fused-ring (bicyclic) bond motifs is 7. The first-order valence-corrected chi connectivity index (χ1v) is 19.2. The number of aromatic nitrogens is 1. The quantitative estimate of drug-likeness (QED) is 0.170. The van der Waals surface area contributed by atoms with Crippen LogP contribution in [0.15, 0.2) is 158 Å². The second-order valence-electron chi connectivity index (χ2n) is 17.1. The predicted molar refractivity (Wildman–Crippen MR) is 232 cm³/mol. The van der Waals surface area contributed by atoms with Gasteiger partial charge in [0.1, 0.15) is 0 Å². The second-order valence-corrected chi connectivity index (χ2v) is 17.1. The van der Waals surface area contributed by atoms with Gasteiger partial charge in [-0.05, 0) is 111 Å². The van der Waals surface area contributed by atoms with E-state index in [4.69, 9.17) is 0 Å². The van der Waals surface area contributed by atoms with Gasteiger partial charge in [0.05, 0.1) is 5.52 Å². The van der Waals surface area contributed by atoms with Crippen LogP contribution in [0.3, 0.4) is 0 Å². The molecule has 0 unspecified atom stereocenters. The van der Waals surface area contributed by atoms with Crippen LogP contribution in [0.4, 0.5) is 34.1 Å². The van der Waals surface area contributed by atoms with Gasteiger partial charge in [-0.25, -0.2) is 0 Å². The monoisotopic (exact) mass is 697 g/mol. The molecule has 1 aromatic heterocycles. The summed E-state index contributed by atoms with van der Waals surface area (Å²) < 4.78 is 2.54. The zero-order chi connectivity index (χ0) is 36.9. The highest BCUT2D eigenvalue weighted by atomic mass is 15.2. The van der Waals surface area contributed by atoms with E-state index in [9.17, 15) is 0 Å². The number of hydrogen-bond acceptors (Lipinski definition) is 2. The Hall–Kier alpha value is -6.00. The van der Waals surface area contributed by atoms with Crippen LogP contribution in [-0.4, -0.2) is 11.3 Å². The maximum absolute atomic E-state index is 2.56. The van der Waals surface area contributed by atoms with Crippen molar-refractivity contribution in [2.45, 2.75) is 52.4 Å². The number of hydrogen-bond donors (Lipinski definition) is 0. The SMILES string of the molecule is CC(C)(C)c1cc(N2c3ccc(N(c4ccccc4)c4ccccc4)cc3B3c4c2cccc4-n2c4ccccc4c4cccc3c42)cc(C(C)(C)C)c1. The number of benzene rings is 7. The topological polar surface area (TPSA) is 11.4 Å². The average Bonchev–Trinajstić information content (AvgIpc) is 3.52. The molecule has 8 aromatic rings. The predicted octanol–water partition coefficient (Wildman–Crippen LogP) is 11.5. The molecule has 4 heteroatoms.